The van der Waals surface area contributed by atoms with E-state index in [0.29, 0.717) is 19.3 Å². The minimum atomic E-state index is -0.468. The first kappa shape index (κ1) is 295. The second-order valence-electron chi connectivity index (χ2n) is 17.1. The van der Waals surface area contributed by atoms with Gasteiger partial charge < -0.3 is 116 Å². The van der Waals surface area contributed by atoms with Crippen LogP contribution in [0.15, 0.2) is 124 Å². The van der Waals surface area contributed by atoms with Gasteiger partial charge in [0.05, 0.1) is 0 Å². The SMILES string of the molecule is C#CC(=O)CCC.C#CC([CH2-])=O.C/C=C/C(=O)[CH-]CCC.C/C=C/C(=O)[CH-][C@@H](CC)C(=O)/C=C/C.C/C=C/[C-]=O.C=CC(=O)[CH-]CCC.C=CC(=O)[CH-][C@H](CC)C(=O)C=C.C=C[C-]=O.CCC[CH-]C(=O)CCN1C(=O)C=CC1=O.O=[C-]CCN1C(=O)C=CC1=O.[CH3-].[CH3-].[CH3-].[CH3-].[CH3-].[CH3-].[CH3-].[CH3-].[CH3-].[Y+3].[Y+3].[Y+3].[Y].[Y].[Y].[Y].[Y].[Y].[Y].[Y].[Y].[Y].[Y].[Y].[Y].[Y].[Y].[Y].[Y].[Y].[Y].[Y].[Y].[Y].[Y].[Y]. The van der Waals surface area contributed by atoms with Crippen LogP contribution in [-0.2, 0) is 960 Å². The molecule has 2 aliphatic rings. The zero-order valence-corrected chi connectivity index (χ0v) is 156. The molecule has 0 N–H and O–H groups in total. The number of rotatable bonds is 33. The Hall–Kier alpha value is 19.9. The molecule has 0 bridgehead atoms. The number of carbonyl (C=O) groups excluding carboxylic acids is 16. The third-order valence-corrected chi connectivity index (χ3v) is 9.80. The number of ketones is 9. The van der Waals surface area contributed by atoms with Gasteiger partial charge in [0.25, 0.3) is 23.6 Å². The van der Waals surface area contributed by atoms with Crippen LogP contribution in [-0.4, -0.2) is 117 Å². The monoisotopic (exact) mass is 3780 g/mol. The summed E-state index contributed by atoms with van der Waals surface area (Å²) >= 11 is 0. The third kappa shape index (κ3) is 235. The summed E-state index contributed by atoms with van der Waals surface area (Å²) in [5, 5.41) is 0. The van der Waals surface area contributed by atoms with Crippen molar-refractivity contribution in [1.29, 1.82) is 0 Å². The molecule has 2 atom stereocenters. The quantitative estimate of drug-likeness (QED) is 0.0194. The molecule has 0 spiro atoms. The number of unbranched alkanes of at least 4 members (excludes halogenated alkanes) is 3. The predicted octanol–water partition coefficient (Wildman–Crippen LogP) is 14.4. The third-order valence-electron chi connectivity index (χ3n) is 9.80. The number of terminal acetylenes is 2. The van der Waals surface area contributed by atoms with E-state index in [9.17, 15) is 71.9 Å². The fourth-order valence-electron chi connectivity index (χ4n) is 5.27. The molecule has 0 saturated heterocycles. The number of Topliss-reactive ketones (excluding diaryl/α,β-unsaturated/α-hetero) is 3. The summed E-state index contributed by atoms with van der Waals surface area (Å²) in [6.45, 7) is 35.2. The number of nitrogens with zero attached hydrogens (tertiary/aromatic N) is 2. The number of hydrogen-bond acceptors (Lipinski definition) is 16. The molecule has 0 unspecified atom stereocenters. The average Bonchev–Trinajstić information content (AvgIpc) is 1.75. The minimum absolute atomic E-state index is 0. The van der Waals surface area contributed by atoms with Crippen molar-refractivity contribution in [3.8, 4) is 24.7 Å². The molecule has 126 heavy (non-hydrogen) atoms. The van der Waals surface area contributed by atoms with Crippen LogP contribution in [0.1, 0.15) is 146 Å². The van der Waals surface area contributed by atoms with Gasteiger partial charge in [0, 0.05) is 864 Å². The zero-order chi connectivity index (χ0) is 71.1. The molecular weight excluding hydrogens is 3660 g/mol. The van der Waals surface area contributed by atoms with Crippen molar-refractivity contribution in [3.05, 3.63) is 229 Å². The van der Waals surface area contributed by atoms with Crippen molar-refractivity contribution < 1.29 is 960 Å². The maximum Gasteiger partial charge on any atom is 3.00 e. The first-order valence-electron chi connectivity index (χ1n) is 28.7. The van der Waals surface area contributed by atoms with Gasteiger partial charge in [0.1, 0.15) is 11.6 Å². The van der Waals surface area contributed by atoms with Gasteiger partial charge >= 0.3 is 98.1 Å². The predicted molar refractivity (Wildman–Crippen MR) is 413 cm³/mol. The van der Waals surface area contributed by atoms with Gasteiger partial charge in [-0.05, 0) is 62.2 Å². The normalized spacial score (nSPS) is 8.13. The van der Waals surface area contributed by atoms with Crippen molar-refractivity contribution in [2.45, 2.75) is 146 Å². The summed E-state index contributed by atoms with van der Waals surface area (Å²) < 4.78 is 0. The van der Waals surface area contributed by atoms with Crippen molar-refractivity contribution in [2.24, 2.45) is 11.8 Å². The Morgan fingerprint density at radius 1 is 0.405 bits per heavy atom. The first-order valence-corrected chi connectivity index (χ1v) is 28.7. The molecule has 0 aromatic carbocycles. The standard InChI is InChI=1S/C12H17O2.C11H14NO3.C10H13O2.C8H13O.C7H6NO3.C7H11O.C6H8O.C4H3O.C4H5O.C3H3O.9CH3.27Y/c1-4-7-11(13)9-10(6-3)12(14)8-5-2;1-2-3-4-9(13)7-8-12-10(14)5-6-11(12)15;1-4-8(10(12)6-3)7-9(11)5-2;1-3-5-7-8(9)6-4-2;9-5-1-4-8-6(10)2-3-7(8)11;1-3-5-6-7(8)4-2;1-3-5-6(7)4-2;1-3-4(2)5;1-2-3-4-5;1-2-3-4;;;;;;;;;;;;;;;;;;;;;;;;;;;;;;;;;;;;/h4-5,7-10H,6H2,1-3H3;4-6H,2-3,7-8H2,1H3;5-8H,2-4H2,1H3;4,6-7H,3,5H2,1-2H3;2-3H,1,4H2;4,6H,2-3,5H2,1H3;2H,3,5H2,1H3;1H,2H2;2-3H,1H3;2H,1H2;9*1H3;;;;;;;;;;;;;;;;;;;;;;;;;;;/q6*-1;;12*-1;;;;;;;;;;;;;;;;;;;;;;;;;3*+3/b7-4+,8-5+;;;6-4+;;;;;3-2+;;;;;;;;;;;;;;;;;;;;;;;;;;;;;;;;;;;;;/t10-;;8-;;;;;;;;;;;;;;;;;;;;;;;;;;;;;;;;;;;;;;;;;;;/m1.0.........................................../s1. The van der Waals surface area contributed by atoms with Crippen LogP contribution in [0.5, 0.6) is 0 Å². The van der Waals surface area contributed by atoms with Gasteiger partial charge in [-0.25, -0.2) is 25.2 Å². The van der Waals surface area contributed by atoms with Crippen LogP contribution in [0.2, 0.25) is 0 Å². The zero-order valence-electron chi connectivity index (χ0n) is 78.9. The molecule has 4 amide bonds. The van der Waals surface area contributed by atoms with E-state index >= 15 is 0 Å². The van der Waals surface area contributed by atoms with E-state index in [2.05, 4.69) is 46.6 Å². The fraction of sp³-hybridized carbons (Fsp3) is 0.321. The van der Waals surface area contributed by atoms with E-state index in [4.69, 9.17) is 11.2 Å². The summed E-state index contributed by atoms with van der Waals surface area (Å²) in [7, 11) is 0. The van der Waals surface area contributed by atoms with Gasteiger partial charge in [0.15, 0.2) is 0 Å². The second-order valence-corrected chi connectivity index (χ2v) is 17.1. The Kier molecular flexibility index (Phi) is 571. The van der Waals surface area contributed by atoms with Crippen molar-refractivity contribution in [1.82, 2.24) is 9.80 Å². The summed E-state index contributed by atoms with van der Waals surface area (Å²) in [6, 6.07) is 0. The first-order chi connectivity index (χ1) is 42.7. The molecule has 2 heterocycles. The van der Waals surface area contributed by atoms with Crippen LogP contribution in [0, 0.1) is 142 Å². The Balaban J connectivity index is -0.0000000139. The van der Waals surface area contributed by atoms with Crippen LogP contribution in [0.4, 0.5) is 0 Å². The molecule has 0 aromatic heterocycles. The molecule has 0 saturated carbocycles. The molecule has 0 aromatic rings. The van der Waals surface area contributed by atoms with Gasteiger partial charge in [-0.3, -0.25) is 55.6 Å². The van der Waals surface area contributed by atoms with Crippen molar-refractivity contribution in [3.63, 3.8) is 0 Å². The van der Waals surface area contributed by atoms with Crippen LogP contribution in [0.3, 0.4) is 0 Å². The van der Waals surface area contributed by atoms with Gasteiger partial charge in [-0.15, -0.1) is 19.8 Å². The van der Waals surface area contributed by atoms with Crippen LogP contribution >= 0.6 is 0 Å². The van der Waals surface area contributed by atoms with E-state index in [1.165, 1.54) is 79.9 Å². The molecular formula is C81H120N2O16Y27-9. The molecule has 2 rings (SSSR count). The van der Waals surface area contributed by atoms with E-state index in [-0.39, 0.29) is 1060 Å². The Bertz CT molecular complexity index is 2570. The van der Waals surface area contributed by atoms with E-state index in [0.717, 1.165) is 60.8 Å². The summed E-state index contributed by atoms with van der Waals surface area (Å²) in [4.78, 5) is 170. The molecule has 45 heteroatoms. The molecule has 18 nitrogen and oxygen atoms in total. The number of amides is 4. The van der Waals surface area contributed by atoms with Crippen molar-refractivity contribution in [2.75, 3.05) is 13.1 Å². The Morgan fingerprint density at radius 3 is 0.913 bits per heavy atom. The largest absolute Gasteiger partial charge is 3.00 e. The smallest absolute Gasteiger partial charge is 0.542 e. The van der Waals surface area contributed by atoms with Gasteiger partial charge in [0.2, 0.25) is 5.78 Å². The molecule has 640 valence electrons. The number of carbonyl (C=O) groups is 13. The minimum Gasteiger partial charge on any atom is -0.542 e. The summed E-state index contributed by atoms with van der Waals surface area (Å²) in [5.41, 5.74) is 0. The average molecular weight is 3780 g/mol. The Morgan fingerprint density at radius 2 is 0.690 bits per heavy atom. The fourth-order valence-corrected chi connectivity index (χ4v) is 5.27. The molecule has 0 fully saturated rings. The number of allylic oxidation sites excluding steroid dienone is 12. The van der Waals surface area contributed by atoms with Crippen LogP contribution in [0.25, 0.3) is 0 Å². The maximum absolute atomic E-state index is 11.4. The van der Waals surface area contributed by atoms with E-state index < -0.39 is 5.78 Å². The molecule has 0 aliphatic carbocycles. The molecule has 2 aliphatic heterocycles. The van der Waals surface area contributed by atoms with Gasteiger partial charge in [-0.2, -0.15) is 94.7 Å². The second kappa shape index (κ2) is 244. The maximum atomic E-state index is 11.4. The summed E-state index contributed by atoms with van der Waals surface area (Å²) in [6.07, 6.45) is 52.5. The van der Waals surface area contributed by atoms with Crippen molar-refractivity contribution >= 4 is 94.5 Å². The van der Waals surface area contributed by atoms with Crippen LogP contribution < -0.4 is 0 Å². The summed E-state index contributed by atoms with van der Waals surface area (Å²) in [5.74, 6) is 0.960. The number of hydrogen-bond donors (Lipinski definition) is 0. The van der Waals surface area contributed by atoms with E-state index in [1.54, 1.807) is 88.9 Å². The Labute approximate surface area is 1450 Å². The van der Waals surface area contributed by atoms with Gasteiger partial charge in [-0.1, -0.05) is 113 Å². The molecule has 24 radical (unpaired) electrons. The van der Waals surface area contributed by atoms with E-state index in [1.807, 2.05) is 47.5 Å². The topological polar surface area (TPSA) is 280 Å². The number of imide groups is 2.